The molecule has 0 unspecified atom stereocenters. The summed E-state index contributed by atoms with van der Waals surface area (Å²) in [5.74, 6) is 1.12. The number of methoxy groups -OCH3 is 4. The minimum atomic E-state index is -0.469. The van der Waals surface area contributed by atoms with Crippen molar-refractivity contribution < 1.29 is 28.5 Å². The van der Waals surface area contributed by atoms with Gasteiger partial charge in [-0.1, -0.05) is 12.1 Å². The fourth-order valence-corrected chi connectivity index (χ4v) is 2.99. The highest BCUT2D eigenvalue weighted by Crippen LogP contribution is 2.39. The third-order valence-corrected chi connectivity index (χ3v) is 4.43. The second-order valence-corrected chi connectivity index (χ2v) is 6.13. The highest BCUT2D eigenvalue weighted by Gasteiger charge is 2.30. The number of carbonyl (C=O) groups is 2. The highest BCUT2D eigenvalue weighted by molar-refractivity contribution is 6.28. The number of benzene rings is 2. The number of ether oxygens (including phenoxy) is 4. The van der Waals surface area contributed by atoms with E-state index in [9.17, 15) is 9.59 Å². The molecule has 1 heterocycles. The van der Waals surface area contributed by atoms with Crippen LogP contribution in [0.4, 0.5) is 0 Å². The zero-order chi connectivity index (χ0) is 21.0. The Labute approximate surface area is 168 Å². The molecule has 150 valence electrons. The summed E-state index contributed by atoms with van der Waals surface area (Å²) in [4.78, 5) is 24.7. The van der Waals surface area contributed by atoms with Crippen LogP contribution >= 0.6 is 0 Å². The van der Waals surface area contributed by atoms with E-state index >= 15 is 0 Å². The monoisotopic (exact) mass is 395 g/mol. The predicted molar refractivity (Wildman–Crippen MR) is 108 cm³/mol. The van der Waals surface area contributed by atoms with Crippen molar-refractivity contribution in [1.29, 1.82) is 0 Å². The molecular weight excluding hydrogens is 374 g/mol. The van der Waals surface area contributed by atoms with Gasteiger partial charge >= 0.3 is 0 Å². The lowest BCUT2D eigenvalue weighted by atomic mass is 10.0. The Kier molecular flexibility index (Phi) is 5.87. The molecule has 29 heavy (non-hydrogen) atoms. The molecule has 7 nitrogen and oxygen atoms in total. The van der Waals surface area contributed by atoms with E-state index in [4.69, 9.17) is 18.9 Å². The lowest BCUT2D eigenvalue weighted by Gasteiger charge is -2.13. The summed E-state index contributed by atoms with van der Waals surface area (Å²) in [6.07, 6.45) is 3.27. The van der Waals surface area contributed by atoms with Crippen molar-refractivity contribution >= 4 is 24.0 Å². The Hall–Kier alpha value is -3.74. The van der Waals surface area contributed by atoms with Gasteiger partial charge < -0.3 is 18.9 Å². The maximum Gasteiger partial charge on any atom is 0.258 e. The summed E-state index contributed by atoms with van der Waals surface area (Å²) >= 11 is 0. The highest BCUT2D eigenvalue weighted by atomic mass is 16.5. The van der Waals surface area contributed by atoms with Crippen molar-refractivity contribution in [3.8, 4) is 23.0 Å². The molecule has 0 atom stereocenters. The summed E-state index contributed by atoms with van der Waals surface area (Å²) in [7, 11) is 6.11. The van der Waals surface area contributed by atoms with Gasteiger partial charge in [0, 0.05) is 0 Å². The van der Waals surface area contributed by atoms with Crippen molar-refractivity contribution in [2.45, 2.75) is 0 Å². The van der Waals surface area contributed by atoms with Crippen LogP contribution in [0, 0.1) is 0 Å². The maximum absolute atomic E-state index is 12.4. The zero-order valence-corrected chi connectivity index (χ0v) is 16.6. The van der Waals surface area contributed by atoms with Gasteiger partial charge in [0.05, 0.1) is 39.6 Å². The van der Waals surface area contributed by atoms with Crippen LogP contribution in [0.25, 0.3) is 12.2 Å². The van der Waals surface area contributed by atoms with E-state index < -0.39 is 11.8 Å². The van der Waals surface area contributed by atoms with Crippen LogP contribution in [0.15, 0.2) is 47.5 Å². The molecule has 0 radical (unpaired) electrons. The smallest absolute Gasteiger partial charge is 0.258 e. The fourth-order valence-electron chi connectivity index (χ4n) is 2.99. The van der Waals surface area contributed by atoms with Gasteiger partial charge in [0.1, 0.15) is 5.75 Å². The second-order valence-electron chi connectivity index (χ2n) is 6.13. The molecule has 1 fully saturated rings. The lowest BCUT2D eigenvalue weighted by molar-refractivity contribution is -0.123. The maximum atomic E-state index is 12.4. The quantitative estimate of drug-likeness (QED) is 0.598. The Morgan fingerprint density at radius 2 is 1.21 bits per heavy atom. The van der Waals surface area contributed by atoms with Crippen molar-refractivity contribution in [3.63, 3.8) is 0 Å². The second kappa shape index (κ2) is 8.52. The summed E-state index contributed by atoms with van der Waals surface area (Å²) in [6, 6.07) is 10.6. The van der Waals surface area contributed by atoms with E-state index in [0.717, 1.165) is 5.56 Å². The number of nitrogens with one attached hydrogen (secondary N) is 1. The molecule has 0 spiro atoms. The molecule has 1 aliphatic rings. The fraction of sp³-hybridized carbons (Fsp3) is 0.182. The van der Waals surface area contributed by atoms with Gasteiger partial charge in [-0.15, -0.1) is 0 Å². The van der Waals surface area contributed by atoms with Crippen molar-refractivity contribution in [2.75, 3.05) is 28.4 Å². The molecule has 1 N–H and O–H groups in total. The van der Waals surface area contributed by atoms with Gasteiger partial charge in [0.25, 0.3) is 11.8 Å². The lowest BCUT2D eigenvalue weighted by Crippen LogP contribution is -2.19. The average molecular weight is 395 g/mol. The minimum absolute atomic E-state index is 0.250. The number of imide groups is 1. The van der Waals surface area contributed by atoms with Gasteiger partial charge in [-0.3, -0.25) is 14.9 Å². The summed E-state index contributed by atoms with van der Waals surface area (Å²) in [6.45, 7) is 0. The van der Waals surface area contributed by atoms with Gasteiger partial charge in [-0.25, -0.2) is 0 Å². The molecule has 0 aliphatic carbocycles. The molecule has 2 aromatic rings. The Morgan fingerprint density at radius 3 is 1.66 bits per heavy atom. The third-order valence-electron chi connectivity index (χ3n) is 4.43. The van der Waals surface area contributed by atoms with Crippen molar-refractivity contribution in [2.24, 2.45) is 0 Å². The minimum Gasteiger partial charge on any atom is -0.497 e. The van der Waals surface area contributed by atoms with E-state index in [1.165, 1.54) is 21.3 Å². The SMILES string of the molecule is COc1ccc(C=C2C(=O)NC(=O)/C2=C/c2cc(OC)c(OC)c(OC)c2)cc1. The van der Waals surface area contributed by atoms with Crippen LogP contribution in [0.1, 0.15) is 11.1 Å². The summed E-state index contributed by atoms with van der Waals surface area (Å²) in [5, 5.41) is 2.33. The Bertz CT molecular complexity index is 979. The van der Waals surface area contributed by atoms with E-state index in [0.29, 0.717) is 28.6 Å². The van der Waals surface area contributed by atoms with Crippen LogP contribution in [0.5, 0.6) is 23.0 Å². The van der Waals surface area contributed by atoms with Gasteiger partial charge in [0.15, 0.2) is 11.5 Å². The molecule has 7 heteroatoms. The van der Waals surface area contributed by atoms with E-state index in [1.54, 1.807) is 55.7 Å². The first-order chi connectivity index (χ1) is 14.0. The van der Waals surface area contributed by atoms with Crippen LogP contribution in [0.2, 0.25) is 0 Å². The van der Waals surface area contributed by atoms with Crippen LogP contribution < -0.4 is 24.3 Å². The van der Waals surface area contributed by atoms with Gasteiger partial charge in [-0.2, -0.15) is 0 Å². The Morgan fingerprint density at radius 1 is 0.690 bits per heavy atom. The molecule has 0 saturated carbocycles. The molecule has 1 aliphatic heterocycles. The predicted octanol–water partition coefficient (Wildman–Crippen LogP) is 2.84. The largest absolute Gasteiger partial charge is 0.497 e. The van der Waals surface area contributed by atoms with Crippen LogP contribution in [-0.2, 0) is 9.59 Å². The standard InChI is InChI=1S/C22H21NO6/c1-26-15-7-5-13(6-8-15)9-16-17(22(25)23-21(16)24)10-14-11-18(27-2)20(29-4)19(12-14)28-3/h5-12H,1-4H3,(H,23,24,25)/b16-9?,17-10+. The van der Waals surface area contributed by atoms with Gasteiger partial charge in [0.2, 0.25) is 5.75 Å². The molecule has 2 aromatic carbocycles. The summed E-state index contributed by atoms with van der Waals surface area (Å²) < 4.78 is 21.2. The molecule has 0 aromatic heterocycles. The molecule has 1 saturated heterocycles. The van der Waals surface area contributed by atoms with Gasteiger partial charge in [-0.05, 0) is 47.5 Å². The number of amides is 2. The molecular formula is C22H21NO6. The van der Waals surface area contributed by atoms with E-state index in [1.807, 2.05) is 0 Å². The van der Waals surface area contributed by atoms with Crippen LogP contribution in [0.3, 0.4) is 0 Å². The number of rotatable bonds is 6. The number of hydrogen-bond donors (Lipinski definition) is 1. The van der Waals surface area contributed by atoms with Crippen molar-refractivity contribution in [1.82, 2.24) is 5.32 Å². The number of carbonyl (C=O) groups excluding carboxylic acids is 2. The third kappa shape index (κ3) is 4.08. The zero-order valence-electron chi connectivity index (χ0n) is 16.6. The normalized spacial score (nSPS) is 16.1. The first kappa shape index (κ1) is 20.0. The number of hydrogen-bond acceptors (Lipinski definition) is 6. The van der Waals surface area contributed by atoms with Crippen LogP contribution in [-0.4, -0.2) is 40.3 Å². The summed E-state index contributed by atoms with van der Waals surface area (Å²) in [5.41, 5.74) is 1.91. The van der Waals surface area contributed by atoms with E-state index in [-0.39, 0.29) is 11.1 Å². The molecule has 2 amide bonds. The first-order valence-electron chi connectivity index (χ1n) is 8.74. The topological polar surface area (TPSA) is 83.1 Å². The average Bonchev–Trinajstić information content (AvgIpc) is 3.00. The van der Waals surface area contributed by atoms with E-state index in [2.05, 4.69) is 5.32 Å². The molecule has 3 rings (SSSR count). The Balaban J connectivity index is 2.07. The first-order valence-corrected chi connectivity index (χ1v) is 8.74. The van der Waals surface area contributed by atoms with Crippen molar-refractivity contribution in [3.05, 3.63) is 58.7 Å². The molecule has 0 bridgehead atoms.